The number of hydrogen-bond acceptors (Lipinski definition) is 2. The molecule has 0 amide bonds. The fraction of sp³-hybridized carbons (Fsp3) is 0.571. The first kappa shape index (κ1) is 14.3. The summed E-state index contributed by atoms with van der Waals surface area (Å²) in [7, 11) is 0.962. The van der Waals surface area contributed by atoms with E-state index in [1.165, 1.54) is 5.56 Å². The monoisotopic (exact) mass is 251 g/mol. The van der Waals surface area contributed by atoms with Gasteiger partial charge >= 0.3 is 0 Å². The topological polar surface area (TPSA) is 18.5 Å². The van der Waals surface area contributed by atoms with Crippen LogP contribution in [0, 0.1) is 0 Å². The lowest BCUT2D eigenvalue weighted by Gasteiger charge is -2.22. The molecule has 0 aromatic heterocycles. The molecule has 95 valence electrons. The van der Waals surface area contributed by atoms with Gasteiger partial charge in [-0.3, -0.25) is 0 Å². The molecule has 0 saturated heterocycles. The van der Waals surface area contributed by atoms with Crippen molar-refractivity contribution in [3.63, 3.8) is 0 Å². The van der Waals surface area contributed by atoms with E-state index >= 15 is 0 Å². The molecule has 1 rings (SSSR count). The van der Waals surface area contributed by atoms with Gasteiger partial charge in [0, 0.05) is 0 Å². The first-order chi connectivity index (χ1) is 8.04. The standard InChI is InChI=1S/C14H23O2Si/c1-11(2)17(12(3)4)16-10-13-6-8-14(15-5)9-7-13/h6-9,11-12H,10H2,1-5H3. The van der Waals surface area contributed by atoms with Crippen LogP contribution >= 0.6 is 0 Å². The summed E-state index contributed by atoms with van der Waals surface area (Å²) in [4.78, 5) is 0. The Morgan fingerprint density at radius 2 is 1.53 bits per heavy atom. The van der Waals surface area contributed by atoms with E-state index < -0.39 is 9.04 Å². The Hall–Kier alpha value is -0.803. The molecule has 1 aromatic rings. The summed E-state index contributed by atoms with van der Waals surface area (Å²) < 4.78 is 11.2. The van der Waals surface area contributed by atoms with Gasteiger partial charge in [0.15, 0.2) is 0 Å². The molecule has 17 heavy (non-hydrogen) atoms. The summed E-state index contributed by atoms with van der Waals surface area (Å²) in [6.45, 7) is 9.73. The van der Waals surface area contributed by atoms with Crippen molar-refractivity contribution in [2.24, 2.45) is 0 Å². The summed E-state index contributed by atoms with van der Waals surface area (Å²) in [5, 5.41) is 0. The lowest BCUT2D eigenvalue weighted by atomic mass is 10.2. The van der Waals surface area contributed by atoms with Crippen molar-refractivity contribution in [3.8, 4) is 5.75 Å². The highest BCUT2D eigenvalue weighted by atomic mass is 28.3. The molecule has 0 heterocycles. The molecule has 0 aliphatic carbocycles. The molecule has 0 atom stereocenters. The van der Waals surface area contributed by atoms with E-state index in [1.54, 1.807) is 7.11 Å². The quantitative estimate of drug-likeness (QED) is 0.711. The van der Waals surface area contributed by atoms with Gasteiger partial charge in [0.2, 0.25) is 9.04 Å². The second-order valence-electron chi connectivity index (χ2n) is 4.85. The number of ether oxygens (including phenoxy) is 1. The van der Waals surface area contributed by atoms with Crippen molar-refractivity contribution in [1.29, 1.82) is 0 Å². The average Bonchev–Trinajstić information content (AvgIpc) is 2.29. The Morgan fingerprint density at radius 1 is 1.00 bits per heavy atom. The summed E-state index contributed by atoms with van der Waals surface area (Å²) in [5.74, 6) is 0.895. The van der Waals surface area contributed by atoms with Gasteiger partial charge in [0.05, 0.1) is 13.7 Å². The third kappa shape index (κ3) is 4.52. The van der Waals surface area contributed by atoms with E-state index in [4.69, 9.17) is 9.16 Å². The van der Waals surface area contributed by atoms with E-state index in [2.05, 4.69) is 39.8 Å². The molecule has 1 radical (unpaired) electrons. The predicted molar refractivity (Wildman–Crippen MR) is 73.7 cm³/mol. The number of rotatable bonds is 6. The van der Waals surface area contributed by atoms with E-state index in [0.717, 1.165) is 5.75 Å². The summed E-state index contributed by atoms with van der Waals surface area (Å²) in [6, 6.07) is 8.10. The molecule has 0 spiro atoms. The minimum Gasteiger partial charge on any atom is -0.497 e. The molecule has 3 heteroatoms. The SMILES string of the molecule is COc1ccc(CO[Si](C(C)C)C(C)C)cc1. The van der Waals surface area contributed by atoms with Crippen LogP contribution in [0.15, 0.2) is 24.3 Å². The van der Waals surface area contributed by atoms with E-state index in [9.17, 15) is 0 Å². The number of hydrogen-bond donors (Lipinski definition) is 0. The van der Waals surface area contributed by atoms with Crippen LogP contribution in [0.1, 0.15) is 33.3 Å². The zero-order valence-electron chi connectivity index (χ0n) is 11.5. The maximum absolute atomic E-state index is 6.09. The highest BCUT2D eigenvalue weighted by molar-refractivity contribution is 6.54. The minimum absolute atomic E-state index is 0.651. The van der Waals surface area contributed by atoms with E-state index in [0.29, 0.717) is 17.7 Å². The van der Waals surface area contributed by atoms with Crippen LogP contribution in [-0.4, -0.2) is 16.2 Å². The fourth-order valence-corrected chi connectivity index (χ4v) is 4.22. The highest BCUT2D eigenvalue weighted by Crippen LogP contribution is 2.22. The summed E-state index contributed by atoms with van der Waals surface area (Å²) >= 11 is 0. The molecule has 0 unspecified atom stereocenters. The first-order valence-electron chi connectivity index (χ1n) is 6.17. The molecule has 0 N–H and O–H groups in total. The summed E-state index contributed by atoms with van der Waals surface area (Å²) in [5.41, 5.74) is 2.52. The first-order valence-corrected chi connectivity index (χ1v) is 7.73. The van der Waals surface area contributed by atoms with Crippen LogP contribution in [0.5, 0.6) is 5.75 Å². The molecule has 2 nitrogen and oxygen atoms in total. The lowest BCUT2D eigenvalue weighted by molar-refractivity contribution is 0.295. The Balaban J connectivity index is 2.53. The van der Waals surface area contributed by atoms with Crippen LogP contribution in [0.25, 0.3) is 0 Å². The minimum atomic E-state index is -0.723. The Morgan fingerprint density at radius 3 is 1.94 bits per heavy atom. The van der Waals surface area contributed by atoms with E-state index in [-0.39, 0.29) is 0 Å². The largest absolute Gasteiger partial charge is 0.497 e. The van der Waals surface area contributed by atoms with Gasteiger partial charge in [0.25, 0.3) is 0 Å². The Labute approximate surface area is 107 Å². The van der Waals surface area contributed by atoms with Crippen LogP contribution in [0.2, 0.25) is 11.1 Å². The molecule has 1 aromatic carbocycles. The molecule has 0 bridgehead atoms. The van der Waals surface area contributed by atoms with E-state index in [1.807, 2.05) is 12.1 Å². The van der Waals surface area contributed by atoms with Gasteiger partial charge in [-0.05, 0) is 28.8 Å². The molecular weight excluding hydrogens is 228 g/mol. The smallest absolute Gasteiger partial charge is 0.217 e. The molecular formula is C14H23O2Si. The van der Waals surface area contributed by atoms with Gasteiger partial charge in [-0.2, -0.15) is 0 Å². The second kappa shape index (κ2) is 6.82. The zero-order chi connectivity index (χ0) is 12.8. The van der Waals surface area contributed by atoms with Crippen molar-refractivity contribution in [2.75, 3.05) is 7.11 Å². The van der Waals surface area contributed by atoms with Crippen LogP contribution in [0.3, 0.4) is 0 Å². The van der Waals surface area contributed by atoms with Crippen LogP contribution in [-0.2, 0) is 11.0 Å². The highest BCUT2D eigenvalue weighted by Gasteiger charge is 2.21. The maximum atomic E-state index is 6.09. The number of benzene rings is 1. The van der Waals surface area contributed by atoms with Crippen molar-refractivity contribution in [3.05, 3.63) is 29.8 Å². The normalized spacial score (nSPS) is 11.5. The van der Waals surface area contributed by atoms with Gasteiger partial charge < -0.3 is 9.16 Å². The second-order valence-corrected chi connectivity index (χ2v) is 8.25. The van der Waals surface area contributed by atoms with Crippen molar-refractivity contribution in [1.82, 2.24) is 0 Å². The van der Waals surface area contributed by atoms with Crippen molar-refractivity contribution >= 4 is 9.04 Å². The fourth-order valence-electron chi connectivity index (χ4n) is 1.89. The van der Waals surface area contributed by atoms with Gasteiger partial charge in [0.1, 0.15) is 5.75 Å². The third-order valence-electron chi connectivity index (χ3n) is 2.70. The van der Waals surface area contributed by atoms with Crippen LogP contribution in [0.4, 0.5) is 0 Å². The van der Waals surface area contributed by atoms with Gasteiger partial charge in [-0.1, -0.05) is 39.8 Å². The lowest BCUT2D eigenvalue weighted by Crippen LogP contribution is -2.25. The van der Waals surface area contributed by atoms with Gasteiger partial charge in [-0.15, -0.1) is 0 Å². The van der Waals surface area contributed by atoms with Crippen LogP contribution < -0.4 is 4.74 Å². The number of methoxy groups -OCH3 is 1. The summed E-state index contributed by atoms with van der Waals surface area (Å²) in [6.07, 6.45) is 0. The maximum Gasteiger partial charge on any atom is 0.217 e. The third-order valence-corrected chi connectivity index (χ3v) is 5.46. The van der Waals surface area contributed by atoms with Gasteiger partial charge in [-0.25, -0.2) is 0 Å². The molecule has 0 aliphatic rings. The Bertz CT molecular complexity index is 311. The average molecular weight is 251 g/mol. The zero-order valence-corrected chi connectivity index (χ0v) is 12.5. The van der Waals surface area contributed by atoms with Crippen molar-refractivity contribution < 1.29 is 9.16 Å². The molecule has 0 fully saturated rings. The Kier molecular flexibility index (Phi) is 5.72. The predicted octanol–water partition coefficient (Wildman–Crippen LogP) is 4.02. The molecule has 0 aliphatic heterocycles. The molecule has 0 saturated carbocycles. The van der Waals surface area contributed by atoms with Crippen molar-refractivity contribution in [2.45, 2.75) is 45.4 Å².